The van der Waals surface area contributed by atoms with Gasteiger partial charge in [0, 0.05) is 36.7 Å². The number of hydrogen-bond donors (Lipinski definition) is 3. The van der Waals surface area contributed by atoms with Crippen LogP contribution in [0.3, 0.4) is 0 Å². The number of fused-ring (bicyclic) bond motifs is 1. The van der Waals surface area contributed by atoms with E-state index in [-0.39, 0.29) is 23.9 Å². The lowest BCUT2D eigenvalue weighted by Crippen LogP contribution is -2.51. The Morgan fingerprint density at radius 2 is 1.65 bits per heavy atom. The summed E-state index contributed by atoms with van der Waals surface area (Å²) in [7, 11) is 0. The van der Waals surface area contributed by atoms with Crippen LogP contribution in [0.25, 0.3) is 0 Å². The molecule has 5 rings (SSSR count). The molecule has 4 atom stereocenters. The highest BCUT2D eigenvalue weighted by Crippen LogP contribution is 2.49. The maximum absolute atomic E-state index is 13.4. The Kier molecular flexibility index (Phi) is 5.27. The van der Waals surface area contributed by atoms with Gasteiger partial charge in [-0.25, -0.2) is 0 Å². The predicted octanol–water partition coefficient (Wildman–Crippen LogP) is 3.58. The molecule has 1 saturated heterocycles. The van der Waals surface area contributed by atoms with Gasteiger partial charge in [0.05, 0.1) is 0 Å². The molecule has 5 nitrogen and oxygen atoms in total. The molecule has 31 heavy (non-hydrogen) atoms. The topological polar surface area (TPSA) is 72.8 Å². The van der Waals surface area contributed by atoms with Gasteiger partial charge in [-0.2, -0.15) is 0 Å². The summed E-state index contributed by atoms with van der Waals surface area (Å²) in [4.78, 5) is 15.8. The molecule has 0 aromatic heterocycles. The van der Waals surface area contributed by atoms with E-state index < -0.39 is 5.60 Å². The third kappa shape index (κ3) is 3.54. The van der Waals surface area contributed by atoms with Gasteiger partial charge in [-0.3, -0.25) is 9.69 Å². The van der Waals surface area contributed by atoms with Crippen molar-refractivity contribution < 1.29 is 15.0 Å². The van der Waals surface area contributed by atoms with Gasteiger partial charge < -0.3 is 15.5 Å². The molecule has 1 heterocycles. The summed E-state index contributed by atoms with van der Waals surface area (Å²) in [5.41, 5.74) is 0.210. The van der Waals surface area contributed by atoms with Crippen molar-refractivity contribution in [2.45, 2.75) is 50.3 Å². The quantitative estimate of drug-likeness (QED) is 0.668. The van der Waals surface area contributed by atoms with Gasteiger partial charge in [0.1, 0.15) is 5.75 Å². The lowest BCUT2D eigenvalue weighted by Gasteiger charge is -2.34. The van der Waals surface area contributed by atoms with Gasteiger partial charge in [0.25, 0.3) is 5.91 Å². The van der Waals surface area contributed by atoms with Crippen molar-refractivity contribution in [1.82, 2.24) is 10.2 Å². The van der Waals surface area contributed by atoms with Crippen molar-refractivity contribution in [3.63, 3.8) is 0 Å². The fourth-order valence-corrected chi connectivity index (χ4v) is 5.98. The fourth-order valence-electron chi connectivity index (χ4n) is 5.98. The molecule has 2 aliphatic carbocycles. The fraction of sp³-hybridized carbons (Fsp3) is 0.500. The molecule has 3 aliphatic rings. The second-order valence-electron chi connectivity index (χ2n) is 9.63. The van der Waals surface area contributed by atoms with Gasteiger partial charge in [-0.1, -0.05) is 61.4 Å². The van der Waals surface area contributed by atoms with Gasteiger partial charge in [0.15, 0.2) is 5.60 Å². The van der Waals surface area contributed by atoms with E-state index >= 15 is 0 Å². The van der Waals surface area contributed by atoms with Crippen molar-refractivity contribution >= 4 is 5.91 Å². The van der Waals surface area contributed by atoms with Crippen molar-refractivity contribution in [2.24, 2.45) is 17.8 Å². The second kappa shape index (κ2) is 7.95. The average molecular weight is 421 g/mol. The number of para-hydroxylation sites is 1. The Balaban J connectivity index is 1.25. The zero-order valence-corrected chi connectivity index (χ0v) is 18.1. The zero-order chi connectivity index (χ0) is 21.6. The van der Waals surface area contributed by atoms with Crippen LogP contribution < -0.4 is 5.32 Å². The molecule has 0 bridgehead atoms. The van der Waals surface area contributed by atoms with E-state index in [4.69, 9.17) is 0 Å². The zero-order valence-electron chi connectivity index (χ0n) is 18.1. The molecule has 2 aromatic rings. The summed E-state index contributed by atoms with van der Waals surface area (Å²) in [6.45, 7) is 3.93. The van der Waals surface area contributed by atoms with Crippen LogP contribution in [0.15, 0.2) is 54.6 Å². The van der Waals surface area contributed by atoms with Crippen molar-refractivity contribution in [2.75, 3.05) is 13.1 Å². The first-order valence-electron chi connectivity index (χ1n) is 11.6. The van der Waals surface area contributed by atoms with Crippen LogP contribution in [-0.2, 0) is 10.4 Å². The largest absolute Gasteiger partial charge is 0.508 e. The molecule has 3 fully saturated rings. The Morgan fingerprint density at radius 3 is 2.29 bits per heavy atom. The predicted molar refractivity (Wildman–Crippen MR) is 119 cm³/mol. The van der Waals surface area contributed by atoms with Crippen LogP contribution in [-0.4, -0.2) is 40.2 Å². The van der Waals surface area contributed by atoms with E-state index in [2.05, 4.69) is 17.1 Å². The first-order valence-corrected chi connectivity index (χ1v) is 11.6. The highest BCUT2D eigenvalue weighted by Gasteiger charge is 2.59. The number of piperidine rings is 1. The third-order valence-electron chi connectivity index (χ3n) is 7.96. The molecule has 1 aliphatic heterocycles. The van der Waals surface area contributed by atoms with Gasteiger partial charge >= 0.3 is 0 Å². The van der Waals surface area contributed by atoms with E-state index in [1.807, 2.05) is 48.5 Å². The maximum atomic E-state index is 13.4. The van der Waals surface area contributed by atoms with Crippen LogP contribution in [0, 0.1) is 17.8 Å². The third-order valence-corrected chi connectivity index (χ3v) is 7.96. The number of amides is 1. The maximum Gasteiger partial charge on any atom is 0.257 e. The van der Waals surface area contributed by atoms with Crippen molar-refractivity contribution in [3.8, 4) is 5.75 Å². The number of carbonyl (C=O) groups excluding carboxylic acids is 1. The highest BCUT2D eigenvalue weighted by molar-refractivity contribution is 5.87. The summed E-state index contributed by atoms with van der Waals surface area (Å²) in [5.74, 6) is 0.919. The van der Waals surface area contributed by atoms with Crippen molar-refractivity contribution in [3.05, 3.63) is 65.7 Å². The number of phenolic OH excluding ortho intramolecular Hbond substituents is 1. The number of nitrogens with one attached hydrogen (secondary N) is 1. The molecule has 2 saturated carbocycles. The summed E-state index contributed by atoms with van der Waals surface area (Å²) in [6.07, 6.45) is 3.92. The van der Waals surface area contributed by atoms with E-state index in [1.165, 1.54) is 0 Å². The number of likely N-dealkylation sites (tertiary alicyclic amines) is 1. The number of hydrogen-bond acceptors (Lipinski definition) is 4. The standard InChI is InChI=1S/C26H32N2O3/c1-17(20-13-7-8-14-23(20)29)28-15-21-22(16-28)24(21)27-25(30)26(31,19-11-5-6-12-19)18-9-3-2-4-10-18/h2-4,7-10,13-14,17,19,21-22,24,29,31H,5-6,11-12,15-16H2,1H3,(H,27,30). The lowest BCUT2D eigenvalue weighted by atomic mass is 9.79. The minimum absolute atomic E-state index is 0.0222. The molecular formula is C26H32N2O3. The SMILES string of the molecule is CC(c1ccccc1O)N1CC2C(C1)C2NC(=O)C(O)(c1ccccc1)C1CCCC1. The van der Waals surface area contributed by atoms with Crippen LogP contribution in [0.1, 0.15) is 49.8 Å². The molecule has 164 valence electrons. The van der Waals surface area contributed by atoms with Crippen molar-refractivity contribution in [1.29, 1.82) is 0 Å². The lowest BCUT2D eigenvalue weighted by molar-refractivity contribution is -0.147. The average Bonchev–Trinajstić information content (AvgIpc) is 3.20. The van der Waals surface area contributed by atoms with E-state index in [9.17, 15) is 15.0 Å². The number of aliphatic hydroxyl groups is 1. The Morgan fingerprint density at radius 1 is 1.03 bits per heavy atom. The highest BCUT2D eigenvalue weighted by atomic mass is 16.3. The van der Waals surface area contributed by atoms with Crippen LogP contribution in [0.2, 0.25) is 0 Å². The number of rotatable bonds is 6. The van der Waals surface area contributed by atoms with Gasteiger partial charge in [-0.05, 0) is 43.2 Å². The number of aromatic hydroxyl groups is 1. The minimum Gasteiger partial charge on any atom is -0.508 e. The molecule has 1 amide bonds. The summed E-state index contributed by atoms with van der Waals surface area (Å²) in [5, 5.41) is 25.1. The second-order valence-corrected chi connectivity index (χ2v) is 9.63. The van der Waals surface area contributed by atoms with Gasteiger partial charge in [-0.15, -0.1) is 0 Å². The monoisotopic (exact) mass is 420 g/mol. The molecule has 0 radical (unpaired) electrons. The van der Waals surface area contributed by atoms with E-state index in [0.29, 0.717) is 23.1 Å². The molecule has 4 unspecified atom stereocenters. The van der Waals surface area contributed by atoms with E-state index in [1.54, 1.807) is 6.07 Å². The summed E-state index contributed by atoms with van der Waals surface area (Å²) < 4.78 is 0. The Labute approximate surface area is 184 Å². The van der Waals surface area contributed by atoms with Crippen LogP contribution >= 0.6 is 0 Å². The molecule has 3 N–H and O–H groups in total. The first-order chi connectivity index (χ1) is 15.0. The van der Waals surface area contributed by atoms with Crippen LogP contribution in [0.4, 0.5) is 0 Å². The summed E-state index contributed by atoms with van der Waals surface area (Å²) >= 11 is 0. The number of phenols is 1. The number of carbonyl (C=O) groups is 1. The number of benzene rings is 2. The van der Waals surface area contributed by atoms with Crippen LogP contribution in [0.5, 0.6) is 5.75 Å². The Bertz CT molecular complexity index is 931. The molecule has 2 aromatic carbocycles. The molecule has 0 spiro atoms. The van der Waals surface area contributed by atoms with Gasteiger partial charge in [0.2, 0.25) is 0 Å². The summed E-state index contributed by atoms with van der Waals surface area (Å²) in [6, 6.07) is 17.3. The smallest absolute Gasteiger partial charge is 0.257 e. The number of nitrogens with zero attached hydrogens (tertiary/aromatic N) is 1. The molecule has 5 heteroatoms. The Hall–Kier alpha value is -2.37. The minimum atomic E-state index is -1.45. The van der Waals surface area contributed by atoms with E-state index in [0.717, 1.165) is 44.3 Å². The molecular weight excluding hydrogens is 388 g/mol. The first kappa shape index (κ1) is 20.5. The normalized spacial score (nSPS) is 28.6.